The van der Waals surface area contributed by atoms with Crippen molar-refractivity contribution < 1.29 is 4.79 Å². The molecule has 5 nitrogen and oxygen atoms in total. The SMILES string of the molecule is CCc1nn(C)c(C(=O)NCC(C)C)c1N. The maximum Gasteiger partial charge on any atom is 0.271 e. The Morgan fingerprint density at radius 1 is 1.56 bits per heavy atom. The number of aromatic nitrogens is 2. The summed E-state index contributed by atoms with van der Waals surface area (Å²) >= 11 is 0. The highest BCUT2D eigenvalue weighted by Gasteiger charge is 2.18. The van der Waals surface area contributed by atoms with Crippen LogP contribution in [0, 0.1) is 5.92 Å². The molecule has 1 rings (SSSR count). The number of hydrogen-bond acceptors (Lipinski definition) is 3. The average molecular weight is 224 g/mol. The Balaban J connectivity index is 2.86. The van der Waals surface area contributed by atoms with Gasteiger partial charge in [-0.25, -0.2) is 0 Å². The molecule has 0 radical (unpaired) electrons. The molecule has 1 amide bonds. The minimum atomic E-state index is -0.152. The molecule has 1 heterocycles. The molecule has 90 valence electrons. The molecule has 0 aliphatic heterocycles. The Morgan fingerprint density at radius 2 is 2.19 bits per heavy atom. The van der Waals surface area contributed by atoms with E-state index < -0.39 is 0 Å². The molecular formula is C11H20N4O. The summed E-state index contributed by atoms with van der Waals surface area (Å²) in [5, 5.41) is 7.05. The Labute approximate surface area is 96.0 Å². The van der Waals surface area contributed by atoms with E-state index in [1.165, 1.54) is 0 Å². The summed E-state index contributed by atoms with van der Waals surface area (Å²) in [7, 11) is 1.74. The van der Waals surface area contributed by atoms with Crippen molar-refractivity contribution in [2.24, 2.45) is 13.0 Å². The number of anilines is 1. The standard InChI is InChI=1S/C11H20N4O/c1-5-8-9(12)10(15(4)14-8)11(16)13-6-7(2)3/h7H,5-6,12H2,1-4H3,(H,13,16). The van der Waals surface area contributed by atoms with Crippen molar-refractivity contribution >= 4 is 11.6 Å². The van der Waals surface area contributed by atoms with Gasteiger partial charge in [-0.3, -0.25) is 9.48 Å². The Bertz CT molecular complexity index is 382. The molecule has 1 aromatic heterocycles. The highest BCUT2D eigenvalue weighted by atomic mass is 16.2. The fourth-order valence-corrected chi connectivity index (χ4v) is 1.51. The predicted octanol–water partition coefficient (Wildman–Crippen LogP) is 0.950. The van der Waals surface area contributed by atoms with Crippen molar-refractivity contribution in [3.8, 4) is 0 Å². The molecule has 0 fully saturated rings. The maximum absolute atomic E-state index is 11.9. The van der Waals surface area contributed by atoms with Crippen LogP contribution >= 0.6 is 0 Å². The largest absolute Gasteiger partial charge is 0.395 e. The van der Waals surface area contributed by atoms with Crippen LogP contribution in [0.15, 0.2) is 0 Å². The van der Waals surface area contributed by atoms with Gasteiger partial charge in [0.15, 0.2) is 0 Å². The molecule has 16 heavy (non-hydrogen) atoms. The van der Waals surface area contributed by atoms with E-state index in [1.807, 2.05) is 20.8 Å². The molecule has 0 atom stereocenters. The maximum atomic E-state index is 11.9. The first-order valence-corrected chi connectivity index (χ1v) is 5.56. The summed E-state index contributed by atoms with van der Waals surface area (Å²) < 4.78 is 1.55. The highest BCUT2D eigenvalue weighted by molar-refractivity contribution is 5.97. The third kappa shape index (κ3) is 2.53. The summed E-state index contributed by atoms with van der Waals surface area (Å²) in [6.45, 7) is 6.70. The zero-order chi connectivity index (χ0) is 12.3. The molecule has 5 heteroatoms. The number of carbonyl (C=O) groups is 1. The number of nitrogens with one attached hydrogen (secondary N) is 1. The van der Waals surface area contributed by atoms with Crippen LogP contribution in [-0.4, -0.2) is 22.2 Å². The minimum Gasteiger partial charge on any atom is -0.395 e. The lowest BCUT2D eigenvalue weighted by Crippen LogP contribution is -2.29. The minimum absolute atomic E-state index is 0.152. The highest BCUT2D eigenvalue weighted by Crippen LogP contribution is 2.16. The number of nitrogens with two attached hydrogens (primary N) is 1. The molecule has 0 aromatic carbocycles. The van der Waals surface area contributed by atoms with Gasteiger partial charge in [0.1, 0.15) is 5.69 Å². The van der Waals surface area contributed by atoms with Crippen molar-refractivity contribution in [1.82, 2.24) is 15.1 Å². The molecule has 0 unspecified atom stereocenters. The zero-order valence-corrected chi connectivity index (χ0v) is 10.4. The second-order valence-corrected chi connectivity index (χ2v) is 4.29. The van der Waals surface area contributed by atoms with Crippen LogP contribution < -0.4 is 11.1 Å². The zero-order valence-electron chi connectivity index (χ0n) is 10.4. The van der Waals surface area contributed by atoms with Gasteiger partial charge in [-0.2, -0.15) is 5.10 Å². The number of carbonyl (C=O) groups excluding carboxylic acids is 1. The van der Waals surface area contributed by atoms with E-state index in [4.69, 9.17) is 5.73 Å². The summed E-state index contributed by atoms with van der Waals surface area (Å²) in [4.78, 5) is 11.9. The first-order chi connectivity index (χ1) is 7.47. The van der Waals surface area contributed by atoms with E-state index >= 15 is 0 Å². The summed E-state index contributed by atoms with van der Waals surface area (Å²) in [6, 6.07) is 0. The van der Waals surface area contributed by atoms with Crippen LogP contribution in [0.1, 0.15) is 37.0 Å². The lowest BCUT2D eigenvalue weighted by atomic mass is 10.2. The molecule has 3 N–H and O–H groups in total. The normalized spacial score (nSPS) is 10.8. The van der Waals surface area contributed by atoms with E-state index in [-0.39, 0.29) is 5.91 Å². The smallest absolute Gasteiger partial charge is 0.271 e. The van der Waals surface area contributed by atoms with Gasteiger partial charge in [-0.1, -0.05) is 20.8 Å². The number of hydrogen-bond donors (Lipinski definition) is 2. The van der Waals surface area contributed by atoms with Gasteiger partial charge in [-0.05, 0) is 12.3 Å². The number of amides is 1. The van der Waals surface area contributed by atoms with Crippen molar-refractivity contribution in [2.75, 3.05) is 12.3 Å². The van der Waals surface area contributed by atoms with Crippen LogP contribution in [0.3, 0.4) is 0 Å². The van der Waals surface area contributed by atoms with Crippen molar-refractivity contribution in [2.45, 2.75) is 27.2 Å². The van der Waals surface area contributed by atoms with Crippen molar-refractivity contribution in [3.05, 3.63) is 11.4 Å². The number of aryl methyl sites for hydroxylation is 2. The quantitative estimate of drug-likeness (QED) is 0.799. The number of rotatable bonds is 4. The summed E-state index contributed by atoms with van der Waals surface area (Å²) in [5.74, 6) is 0.268. The predicted molar refractivity (Wildman–Crippen MR) is 64.2 cm³/mol. The lowest BCUT2D eigenvalue weighted by Gasteiger charge is -2.08. The second-order valence-electron chi connectivity index (χ2n) is 4.29. The van der Waals surface area contributed by atoms with Gasteiger partial charge in [0.05, 0.1) is 11.4 Å². The molecule has 0 saturated carbocycles. The molecule has 0 spiro atoms. The molecule has 0 saturated heterocycles. The van der Waals surface area contributed by atoms with Crippen molar-refractivity contribution in [1.29, 1.82) is 0 Å². The third-order valence-corrected chi connectivity index (χ3v) is 2.38. The monoisotopic (exact) mass is 224 g/mol. The van der Waals surface area contributed by atoms with Crippen LogP contribution in [0.2, 0.25) is 0 Å². The van der Waals surface area contributed by atoms with Crippen molar-refractivity contribution in [3.63, 3.8) is 0 Å². The van der Waals surface area contributed by atoms with Gasteiger partial charge in [0, 0.05) is 13.6 Å². The Hall–Kier alpha value is -1.52. The van der Waals surface area contributed by atoms with Gasteiger partial charge >= 0.3 is 0 Å². The molecule has 0 bridgehead atoms. The van der Waals surface area contributed by atoms with E-state index in [2.05, 4.69) is 10.4 Å². The number of nitrogens with zero attached hydrogens (tertiary/aromatic N) is 2. The summed E-state index contributed by atoms with van der Waals surface area (Å²) in [5.41, 5.74) is 7.60. The fourth-order valence-electron chi connectivity index (χ4n) is 1.51. The van der Waals surface area contributed by atoms with E-state index in [1.54, 1.807) is 11.7 Å². The van der Waals surface area contributed by atoms with Crippen LogP contribution in [-0.2, 0) is 13.5 Å². The molecule has 0 aliphatic rings. The topological polar surface area (TPSA) is 72.9 Å². The molecule has 1 aromatic rings. The van der Waals surface area contributed by atoms with Gasteiger partial charge in [0.2, 0.25) is 0 Å². The van der Waals surface area contributed by atoms with Crippen LogP contribution in [0.25, 0.3) is 0 Å². The fraction of sp³-hybridized carbons (Fsp3) is 0.636. The van der Waals surface area contributed by atoms with E-state index in [0.717, 1.165) is 12.1 Å². The summed E-state index contributed by atoms with van der Waals surface area (Å²) in [6.07, 6.45) is 0.733. The third-order valence-electron chi connectivity index (χ3n) is 2.38. The first kappa shape index (κ1) is 12.5. The molecule has 0 aliphatic carbocycles. The van der Waals surface area contributed by atoms with Gasteiger partial charge in [-0.15, -0.1) is 0 Å². The Morgan fingerprint density at radius 3 is 2.62 bits per heavy atom. The van der Waals surface area contributed by atoms with E-state index in [0.29, 0.717) is 23.8 Å². The lowest BCUT2D eigenvalue weighted by molar-refractivity contribution is 0.0940. The second kappa shape index (κ2) is 5.01. The van der Waals surface area contributed by atoms with Crippen LogP contribution in [0.5, 0.6) is 0 Å². The van der Waals surface area contributed by atoms with Gasteiger partial charge < -0.3 is 11.1 Å². The number of nitrogen functional groups attached to an aromatic ring is 1. The average Bonchev–Trinajstić information content (AvgIpc) is 2.50. The molecular weight excluding hydrogens is 204 g/mol. The Kier molecular flexibility index (Phi) is 3.93. The first-order valence-electron chi connectivity index (χ1n) is 5.56. The van der Waals surface area contributed by atoms with Gasteiger partial charge in [0.25, 0.3) is 5.91 Å². The van der Waals surface area contributed by atoms with Crippen LogP contribution in [0.4, 0.5) is 5.69 Å². The van der Waals surface area contributed by atoms with E-state index in [9.17, 15) is 4.79 Å².